The largest absolute Gasteiger partial charge is 0.374 e. The van der Waals surface area contributed by atoms with Crippen LogP contribution in [-0.2, 0) is 9.53 Å². The van der Waals surface area contributed by atoms with Crippen molar-refractivity contribution in [3.8, 4) is 0 Å². The predicted molar refractivity (Wildman–Crippen MR) is 66.6 cm³/mol. The number of carbonyl (C=O) groups excluding carboxylic acids is 1. The Morgan fingerprint density at radius 3 is 2.65 bits per heavy atom. The summed E-state index contributed by atoms with van der Waals surface area (Å²) in [4.78, 5) is 14.3. The number of nitrogens with zero attached hydrogens (tertiary/aromatic N) is 1. The van der Waals surface area contributed by atoms with Crippen LogP contribution in [0.1, 0.15) is 46.5 Å². The van der Waals surface area contributed by atoms with Crippen LogP contribution in [0.5, 0.6) is 0 Å². The van der Waals surface area contributed by atoms with Crippen LogP contribution in [0, 0.1) is 0 Å². The zero-order valence-corrected chi connectivity index (χ0v) is 11.2. The van der Waals surface area contributed by atoms with E-state index in [1.807, 2.05) is 25.7 Å². The van der Waals surface area contributed by atoms with Gasteiger partial charge in [-0.05, 0) is 33.6 Å². The van der Waals surface area contributed by atoms with Gasteiger partial charge in [-0.25, -0.2) is 0 Å². The van der Waals surface area contributed by atoms with Crippen LogP contribution in [0.2, 0.25) is 0 Å². The molecule has 0 bridgehead atoms. The molecule has 1 amide bonds. The Bertz CT molecular complexity index is 296. The van der Waals surface area contributed by atoms with E-state index in [4.69, 9.17) is 4.74 Å². The van der Waals surface area contributed by atoms with Crippen LogP contribution in [-0.4, -0.2) is 41.8 Å². The highest BCUT2D eigenvalue weighted by Gasteiger charge is 2.48. The molecule has 2 aliphatic rings. The first-order chi connectivity index (χ1) is 7.99. The van der Waals surface area contributed by atoms with Crippen LogP contribution in [0.25, 0.3) is 0 Å². The van der Waals surface area contributed by atoms with Gasteiger partial charge in [0.15, 0.2) is 0 Å². The van der Waals surface area contributed by atoms with Crippen molar-refractivity contribution < 1.29 is 9.53 Å². The fourth-order valence-electron chi connectivity index (χ4n) is 3.09. The summed E-state index contributed by atoms with van der Waals surface area (Å²) >= 11 is 0. The maximum Gasteiger partial charge on any atom is 0.244 e. The summed E-state index contributed by atoms with van der Waals surface area (Å²) in [6, 6.07) is 0. The van der Waals surface area contributed by atoms with Gasteiger partial charge in [-0.2, -0.15) is 0 Å². The smallest absolute Gasteiger partial charge is 0.244 e. The van der Waals surface area contributed by atoms with Gasteiger partial charge in [-0.1, -0.05) is 12.8 Å². The third-order valence-electron chi connectivity index (χ3n) is 3.87. The second-order valence-corrected chi connectivity index (χ2v) is 5.82. The van der Waals surface area contributed by atoms with Gasteiger partial charge >= 0.3 is 0 Å². The first-order valence-electron chi connectivity index (χ1n) is 6.67. The molecule has 0 atom stereocenters. The molecule has 1 saturated carbocycles. The molecule has 1 aliphatic heterocycles. The molecule has 98 valence electrons. The molecule has 0 radical (unpaired) electrons. The van der Waals surface area contributed by atoms with Crippen molar-refractivity contribution in [3.05, 3.63) is 0 Å². The Labute approximate surface area is 104 Å². The van der Waals surface area contributed by atoms with E-state index in [-0.39, 0.29) is 17.0 Å². The van der Waals surface area contributed by atoms with E-state index in [0.717, 1.165) is 12.8 Å². The zero-order valence-electron chi connectivity index (χ0n) is 11.2. The lowest BCUT2D eigenvalue weighted by atomic mass is 9.97. The van der Waals surface area contributed by atoms with E-state index in [1.165, 1.54) is 12.8 Å². The van der Waals surface area contributed by atoms with Crippen molar-refractivity contribution in [3.63, 3.8) is 0 Å². The molecule has 4 nitrogen and oxygen atoms in total. The van der Waals surface area contributed by atoms with Gasteiger partial charge < -0.3 is 9.64 Å². The van der Waals surface area contributed by atoms with Crippen LogP contribution in [0.15, 0.2) is 0 Å². The van der Waals surface area contributed by atoms with Gasteiger partial charge in [0.25, 0.3) is 0 Å². The highest BCUT2D eigenvalue weighted by molar-refractivity contribution is 5.88. The van der Waals surface area contributed by atoms with E-state index in [0.29, 0.717) is 19.8 Å². The second-order valence-electron chi connectivity index (χ2n) is 5.82. The summed E-state index contributed by atoms with van der Waals surface area (Å²) < 4.78 is 5.67. The van der Waals surface area contributed by atoms with Crippen LogP contribution >= 0.6 is 0 Å². The zero-order chi connectivity index (χ0) is 12.5. The first-order valence-corrected chi connectivity index (χ1v) is 6.67. The minimum Gasteiger partial charge on any atom is -0.374 e. The maximum absolute atomic E-state index is 12.4. The highest BCUT2D eigenvalue weighted by Crippen LogP contribution is 2.34. The summed E-state index contributed by atoms with van der Waals surface area (Å²) in [5, 5.41) is 3.42. The monoisotopic (exact) mass is 240 g/mol. The molecule has 0 unspecified atom stereocenters. The lowest BCUT2D eigenvalue weighted by Crippen LogP contribution is -2.46. The minimum atomic E-state index is -0.254. The maximum atomic E-state index is 12.4. The molecule has 1 saturated heterocycles. The summed E-state index contributed by atoms with van der Waals surface area (Å²) in [6.45, 7) is 8.12. The van der Waals surface area contributed by atoms with E-state index in [1.54, 1.807) is 0 Å². The number of carbonyl (C=O) groups is 1. The number of amides is 1. The van der Waals surface area contributed by atoms with Gasteiger partial charge in [0, 0.05) is 6.61 Å². The fourth-order valence-corrected chi connectivity index (χ4v) is 3.09. The summed E-state index contributed by atoms with van der Waals surface area (Å²) in [6.07, 6.45) is 4.33. The minimum absolute atomic E-state index is 0.234. The van der Waals surface area contributed by atoms with Gasteiger partial charge in [0.05, 0.1) is 24.4 Å². The van der Waals surface area contributed by atoms with Gasteiger partial charge in [0.1, 0.15) is 0 Å². The number of nitrogens with one attached hydrogen (secondary N) is 1. The molecule has 1 N–H and O–H groups in total. The molecule has 1 aliphatic carbocycles. The normalized spacial score (nSPS) is 23.9. The van der Waals surface area contributed by atoms with E-state index in [9.17, 15) is 4.79 Å². The Balaban J connectivity index is 1.98. The molecule has 1 spiro atoms. The van der Waals surface area contributed by atoms with Crippen molar-refractivity contribution in [2.24, 2.45) is 0 Å². The summed E-state index contributed by atoms with van der Waals surface area (Å²) in [7, 11) is 0. The molecule has 0 aromatic heterocycles. The topological polar surface area (TPSA) is 41.6 Å². The second kappa shape index (κ2) is 4.58. The standard InChI is InChI=1S/C13H24N2O2/c1-4-17-12(2,3)9-15-10-14-13(11(15)16)7-5-6-8-13/h14H,4-10H2,1-3H3. The van der Waals surface area contributed by atoms with Crippen molar-refractivity contribution in [1.82, 2.24) is 10.2 Å². The van der Waals surface area contributed by atoms with E-state index in [2.05, 4.69) is 5.32 Å². The lowest BCUT2D eigenvalue weighted by Gasteiger charge is -2.30. The van der Waals surface area contributed by atoms with Crippen LogP contribution in [0.3, 0.4) is 0 Å². The van der Waals surface area contributed by atoms with Gasteiger partial charge in [-0.15, -0.1) is 0 Å². The van der Waals surface area contributed by atoms with E-state index < -0.39 is 0 Å². The van der Waals surface area contributed by atoms with Crippen molar-refractivity contribution in [1.29, 1.82) is 0 Å². The fraction of sp³-hybridized carbons (Fsp3) is 0.923. The number of hydrogen-bond donors (Lipinski definition) is 1. The molecule has 0 aromatic rings. The van der Waals surface area contributed by atoms with Gasteiger partial charge in [0.2, 0.25) is 5.91 Å². The summed E-state index contributed by atoms with van der Waals surface area (Å²) in [5.41, 5.74) is -0.488. The quantitative estimate of drug-likeness (QED) is 0.809. The van der Waals surface area contributed by atoms with Gasteiger partial charge in [-0.3, -0.25) is 10.1 Å². The Morgan fingerprint density at radius 2 is 2.06 bits per heavy atom. The van der Waals surface area contributed by atoms with Crippen LogP contribution < -0.4 is 5.32 Å². The lowest BCUT2D eigenvalue weighted by molar-refractivity contribution is -0.136. The summed E-state index contributed by atoms with van der Waals surface area (Å²) in [5.74, 6) is 0.280. The highest BCUT2D eigenvalue weighted by atomic mass is 16.5. The average molecular weight is 240 g/mol. The number of rotatable bonds is 4. The molecule has 4 heteroatoms. The Hall–Kier alpha value is -0.610. The molecule has 2 rings (SSSR count). The van der Waals surface area contributed by atoms with Crippen molar-refractivity contribution in [2.45, 2.75) is 57.6 Å². The van der Waals surface area contributed by atoms with Crippen LogP contribution in [0.4, 0.5) is 0 Å². The first kappa shape index (κ1) is 12.8. The molecule has 1 heterocycles. The molecular formula is C13H24N2O2. The predicted octanol–water partition coefficient (Wildman–Crippen LogP) is 1.50. The Kier molecular flexibility index (Phi) is 3.46. The number of hydrogen-bond acceptors (Lipinski definition) is 3. The number of ether oxygens (including phenoxy) is 1. The SMILES string of the molecule is CCOC(C)(C)CN1CNC2(CCCC2)C1=O. The molecule has 2 fully saturated rings. The molecular weight excluding hydrogens is 216 g/mol. The van der Waals surface area contributed by atoms with Crippen molar-refractivity contribution in [2.75, 3.05) is 19.8 Å². The average Bonchev–Trinajstić information content (AvgIpc) is 2.82. The van der Waals surface area contributed by atoms with E-state index >= 15 is 0 Å². The third-order valence-corrected chi connectivity index (χ3v) is 3.87. The molecule has 17 heavy (non-hydrogen) atoms. The third kappa shape index (κ3) is 2.47. The Morgan fingerprint density at radius 1 is 1.41 bits per heavy atom. The molecule has 0 aromatic carbocycles. The van der Waals surface area contributed by atoms with Crippen molar-refractivity contribution >= 4 is 5.91 Å².